The van der Waals surface area contributed by atoms with Crippen molar-refractivity contribution in [3.05, 3.63) is 69.0 Å². The zero-order chi connectivity index (χ0) is 23.9. The lowest BCUT2D eigenvalue weighted by atomic mass is 10.2. The Labute approximate surface area is 199 Å². The monoisotopic (exact) mass is 483 g/mol. The van der Waals surface area contributed by atoms with Crippen molar-refractivity contribution in [2.45, 2.75) is 31.5 Å². The number of aryl methyl sites for hydroxylation is 1. The molecule has 2 heterocycles. The van der Waals surface area contributed by atoms with Crippen molar-refractivity contribution in [1.82, 2.24) is 19.2 Å². The SMILES string of the molecule is CCOCCCn1c(=O)c2ccccc2n2c(SCCCOc3ccc([N+](=O)[O-])cc3)nnc12. The first kappa shape index (κ1) is 23.7. The van der Waals surface area contributed by atoms with E-state index < -0.39 is 4.92 Å². The van der Waals surface area contributed by atoms with Gasteiger partial charge in [-0.05, 0) is 44.0 Å². The number of benzene rings is 2. The molecule has 0 radical (unpaired) electrons. The highest BCUT2D eigenvalue weighted by molar-refractivity contribution is 7.99. The molecule has 2 aromatic carbocycles. The van der Waals surface area contributed by atoms with E-state index >= 15 is 0 Å². The topological polar surface area (TPSA) is 114 Å². The minimum atomic E-state index is -0.439. The van der Waals surface area contributed by atoms with E-state index in [0.717, 1.165) is 17.7 Å². The Balaban J connectivity index is 1.46. The third-order valence-electron chi connectivity index (χ3n) is 5.19. The van der Waals surface area contributed by atoms with E-state index in [1.54, 1.807) is 16.7 Å². The van der Waals surface area contributed by atoms with Gasteiger partial charge < -0.3 is 9.47 Å². The molecule has 0 unspecified atom stereocenters. The molecule has 0 saturated carbocycles. The maximum absolute atomic E-state index is 13.1. The van der Waals surface area contributed by atoms with Gasteiger partial charge >= 0.3 is 0 Å². The average molecular weight is 484 g/mol. The summed E-state index contributed by atoms with van der Waals surface area (Å²) in [5.74, 6) is 1.83. The number of aromatic nitrogens is 4. The van der Waals surface area contributed by atoms with Crippen LogP contribution in [0.5, 0.6) is 5.75 Å². The van der Waals surface area contributed by atoms with Crippen LogP contribution in [-0.4, -0.2) is 49.7 Å². The molecule has 11 heteroatoms. The number of nitro benzene ring substituents is 1. The van der Waals surface area contributed by atoms with E-state index in [2.05, 4.69) is 10.2 Å². The Hall–Kier alpha value is -3.44. The molecule has 0 atom stereocenters. The smallest absolute Gasteiger partial charge is 0.269 e. The van der Waals surface area contributed by atoms with Gasteiger partial charge in [-0.3, -0.25) is 23.9 Å². The molecule has 0 aliphatic carbocycles. The number of ether oxygens (including phenoxy) is 2. The first-order chi connectivity index (χ1) is 16.6. The number of thioether (sulfide) groups is 1. The van der Waals surface area contributed by atoms with Gasteiger partial charge in [-0.15, -0.1) is 10.2 Å². The van der Waals surface area contributed by atoms with Crippen LogP contribution in [-0.2, 0) is 11.3 Å². The zero-order valence-electron chi connectivity index (χ0n) is 18.8. The van der Waals surface area contributed by atoms with Crippen molar-refractivity contribution in [2.24, 2.45) is 0 Å². The highest BCUT2D eigenvalue weighted by Gasteiger charge is 2.16. The average Bonchev–Trinajstić information content (AvgIpc) is 3.27. The van der Waals surface area contributed by atoms with Gasteiger partial charge in [-0.1, -0.05) is 23.9 Å². The lowest BCUT2D eigenvalue weighted by Gasteiger charge is -2.11. The summed E-state index contributed by atoms with van der Waals surface area (Å²) in [5.41, 5.74) is 0.725. The fraction of sp³-hybridized carbons (Fsp3) is 0.348. The van der Waals surface area contributed by atoms with Crippen LogP contribution in [0.25, 0.3) is 16.7 Å². The Morgan fingerprint density at radius 3 is 2.62 bits per heavy atom. The second-order valence-corrected chi connectivity index (χ2v) is 8.51. The van der Waals surface area contributed by atoms with Crippen LogP contribution in [0.15, 0.2) is 58.5 Å². The maximum Gasteiger partial charge on any atom is 0.269 e. The lowest BCUT2D eigenvalue weighted by molar-refractivity contribution is -0.384. The molecular weight excluding hydrogens is 458 g/mol. The van der Waals surface area contributed by atoms with Gasteiger partial charge in [0.2, 0.25) is 5.78 Å². The minimum absolute atomic E-state index is 0.0326. The summed E-state index contributed by atoms with van der Waals surface area (Å²) in [6.45, 7) is 4.12. The Morgan fingerprint density at radius 1 is 1.06 bits per heavy atom. The van der Waals surface area contributed by atoms with Crippen LogP contribution in [0.4, 0.5) is 5.69 Å². The van der Waals surface area contributed by atoms with Gasteiger partial charge in [0, 0.05) is 37.6 Å². The first-order valence-corrected chi connectivity index (χ1v) is 12.0. The normalized spacial score (nSPS) is 11.3. The molecular formula is C23H25N5O5S. The Bertz CT molecular complexity index is 1340. The number of fused-ring (bicyclic) bond motifs is 3. The number of hydrogen-bond donors (Lipinski definition) is 0. The Morgan fingerprint density at radius 2 is 1.85 bits per heavy atom. The molecule has 0 saturated heterocycles. The van der Waals surface area contributed by atoms with Gasteiger partial charge in [0.15, 0.2) is 5.16 Å². The van der Waals surface area contributed by atoms with Crippen molar-refractivity contribution < 1.29 is 14.4 Å². The standard InChI is InChI=1S/C23H25N5O5S/c1-2-32-14-5-13-26-21(29)19-7-3-4-8-20(19)27-22(26)24-25-23(27)34-16-6-15-33-18-11-9-17(10-12-18)28(30)31/h3-4,7-12H,2,5-6,13-16H2,1H3. The van der Waals surface area contributed by atoms with Crippen LogP contribution in [0.2, 0.25) is 0 Å². The summed E-state index contributed by atoms with van der Waals surface area (Å²) >= 11 is 1.54. The van der Waals surface area contributed by atoms with Gasteiger partial charge in [-0.2, -0.15) is 0 Å². The number of rotatable bonds is 12. The first-order valence-electron chi connectivity index (χ1n) is 11.0. The predicted octanol–water partition coefficient (Wildman–Crippen LogP) is 3.94. The quantitative estimate of drug-likeness (QED) is 0.129. The summed E-state index contributed by atoms with van der Waals surface area (Å²) < 4.78 is 14.7. The maximum atomic E-state index is 13.1. The fourth-order valence-electron chi connectivity index (χ4n) is 3.57. The predicted molar refractivity (Wildman–Crippen MR) is 130 cm³/mol. The van der Waals surface area contributed by atoms with Gasteiger partial charge in [0.05, 0.1) is 22.4 Å². The fourth-order valence-corrected chi connectivity index (χ4v) is 4.43. The second-order valence-electron chi connectivity index (χ2n) is 7.44. The molecule has 0 spiro atoms. The highest BCUT2D eigenvalue weighted by Crippen LogP contribution is 2.23. The van der Waals surface area contributed by atoms with E-state index in [9.17, 15) is 14.9 Å². The van der Waals surface area contributed by atoms with Gasteiger partial charge in [0.1, 0.15) is 5.75 Å². The Kier molecular flexibility index (Phi) is 7.76. The molecule has 0 amide bonds. The summed E-state index contributed by atoms with van der Waals surface area (Å²) in [4.78, 5) is 23.4. The molecule has 10 nitrogen and oxygen atoms in total. The van der Waals surface area contributed by atoms with Crippen molar-refractivity contribution >= 4 is 34.1 Å². The van der Waals surface area contributed by atoms with E-state index in [-0.39, 0.29) is 11.2 Å². The van der Waals surface area contributed by atoms with E-state index in [0.29, 0.717) is 54.9 Å². The summed E-state index contributed by atoms with van der Waals surface area (Å²) in [6, 6.07) is 13.5. The molecule has 4 aromatic rings. The number of nitrogens with zero attached hydrogens (tertiary/aromatic N) is 5. The van der Waals surface area contributed by atoms with E-state index in [4.69, 9.17) is 9.47 Å². The van der Waals surface area contributed by atoms with Crippen molar-refractivity contribution in [2.75, 3.05) is 25.6 Å². The zero-order valence-corrected chi connectivity index (χ0v) is 19.6. The largest absolute Gasteiger partial charge is 0.494 e. The van der Waals surface area contributed by atoms with Crippen LogP contribution in [0, 0.1) is 10.1 Å². The molecule has 0 aliphatic rings. The molecule has 0 aliphatic heterocycles. The van der Waals surface area contributed by atoms with Crippen molar-refractivity contribution in [3.8, 4) is 5.75 Å². The molecule has 4 rings (SSSR count). The molecule has 0 bridgehead atoms. The third-order valence-corrected chi connectivity index (χ3v) is 6.20. The van der Waals surface area contributed by atoms with Crippen LogP contribution in [0.3, 0.4) is 0 Å². The number of para-hydroxylation sites is 1. The summed E-state index contributed by atoms with van der Waals surface area (Å²) in [5, 5.41) is 20.7. The number of non-ortho nitro benzene ring substituents is 1. The van der Waals surface area contributed by atoms with Crippen molar-refractivity contribution in [3.63, 3.8) is 0 Å². The lowest BCUT2D eigenvalue weighted by Crippen LogP contribution is -2.24. The van der Waals surface area contributed by atoms with Gasteiger partial charge in [-0.25, -0.2) is 0 Å². The van der Waals surface area contributed by atoms with Crippen LogP contribution >= 0.6 is 11.8 Å². The van der Waals surface area contributed by atoms with Crippen LogP contribution in [0.1, 0.15) is 19.8 Å². The number of hydrogen-bond acceptors (Lipinski definition) is 8. The van der Waals surface area contributed by atoms with Crippen LogP contribution < -0.4 is 10.3 Å². The second kappa shape index (κ2) is 11.1. The highest BCUT2D eigenvalue weighted by atomic mass is 32.2. The molecule has 0 N–H and O–H groups in total. The van der Waals surface area contributed by atoms with Gasteiger partial charge in [0.25, 0.3) is 11.2 Å². The summed E-state index contributed by atoms with van der Waals surface area (Å²) in [7, 11) is 0. The van der Waals surface area contributed by atoms with E-state index in [1.165, 1.54) is 23.9 Å². The minimum Gasteiger partial charge on any atom is -0.494 e. The number of nitro groups is 1. The van der Waals surface area contributed by atoms with E-state index in [1.807, 2.05) is 35.6 Å². The molecule has 178 valence electrons. The molecule has 0 fully saturated rings. The molecule has 34 heavy (non-hydrogen) atoms. The summed E-state index contributed by atoms with van der Waals surface area (Å²) in [6.07, 6.45) is 1.44. The third kappa shape index (κ3) is 5.20. The molecule has 2 aromatic heterocycles. The van der Waals surface area contributed by atoms with Crippen molar-refractivity contribution in [1.29, 1.82) is 0 Å².